The highest BCUT2D eigenvalue weighted by Crippen LogP contribution is 2.18. The second-order valence-electron chi connectivity index (χ2n) is 16.9. The molecule has 0 aliphatic carbocycles. The minimum atomic E-state index is -1.73. The van der Waals surface area contributed by atoms with Crippen molar-refractivity contribution in [1.82, 2.24) is 20.3 Å². The minimum Gasteiger partial charge on any atom is -0.463 e. The summed E-state index contributed by atoms with van der Waals surface area (Å²) < 4.78 is 37.9. The molecule has 2 atom stereocenters. The zero-order valence-electron chi connectivity index (χ0n) is 43.5. The summed E-state index contributed by atoms with van der Waals surface area (Å²) in [5.74, 6) is -19.0. The largest absolute Gasteiger partial charge is 0.463 e. The third-order valence-corrected chi connectivity index (χ3v) is 10.6. The van der Waals surface area contributed by atoms with Gasteiger partial charge in [0, 0.05) is 51.4 Å². The maximum atomic E-state index is 12.6. The Bertz CT molecular complexity index is 2210. The van der Waals surface area contributed by atoms with Crippen molar-refractivity contribution in [2.24, 2.45) is 11.8 Å². The lowest BCUT2D eigenvalue weighted by molar-refractivity contribution is -0.312. The van der Waals surface area contributed by atoms with E-state index < -0.39 is 165 Å². The van der Waals surface area contributed by atoms with Gasteiger partial charge in [0.25, 0.3) is 53.2 Å². The number of carbonyl (C=O) groups is 16. The smallest absolute Gasteiger partial charge is 0.356 e. The lowest BCUT2D eigenvalue weighted by Crippen LogP contribution is -2.37. The molecule has 4 saturated heterocycles. The van der Waals surface area contributed by atoms with Crippen molar-refractivity contribution in [2.75, 3.05) is 66.1 Å². The van der Waals surface area contributed by atoms with Crippen molar-refractivity contribution < 1.29 is 149 Å². The summed E-state index contributed by atoms with van der Waals surface area (Å²) in [5, 5.41) is 1.08. The molecule has 35 heteroatoms. The molecule has 8 amide bonds. The van der Waals surface area contributed by atoms with Crippen molar-refractivity contribution in [1.29, 1.82) is 0 Å². The van der Waals surface area contributed by atoms with Crippen molar-refractivity contribution in [3.05, 3.63) is 12.5 Å². The molecule has 35 nitrogen and oxygen atoms in total. The highest BCUT2D eigenvalue weighted by molar-refractivity contribution is 6.04. The molecule has 0 aromatic carbocycles. The van der Waals surface area contributed by atoms with E-state index in [-0.39, 0.29) is 114 Å². The molecule has 0 N–H and O–H groups in total. The van der Waals surface area contributed by atoms with E-state index in [0.717, 1.165) is 13.8 Å². The van der Waals surface area contributed by atoms with Crippen LogP contribution < -0.4 is 0 Å². The van der Waals surface area contributed by atoms with Crippen LogP contribution in [0.4, 0.5) is 0 Å². The Kier molecular flexibility index (Phi) is 26.6. The summed E-state index contributed by atoms with van der Waals surface area (Å²) in [5.41, 5.74) is 0. The van der Waals surface area contributed by atoms with Gasteiger partial charge in [-0.05, 0) is 20.4 Å². The van der Waals surface area contributed by atoms with E-state index in [2.05, 4.69) is 16.4 Å². The molecule has 4 aliphatic rings. The first-order valence-electron chi connectivity index (χ1n) is 24.6. The van der Waals surface area contributed by atoms with E-state index in [9.17, 15) is 76.7 Å². The van der Waals surface area contributed by atoms with Gasteiger partial charge in [-0.25, -0.2) is 28.8 Å². The first-order chi connectivity index (χ1) is 38.5. The summed E-state index contributed by atoms with van der Waals surface area (Å²) in [6, 6.07) is 0. The van der Waals surface area contributed by atoms with E-state index in [0.29, 0.717) is 10.1 Å². The zero-order chi connectivity index (χ0) is 59.6. The first kappa shape index (κ1) is 65.0. The monoisotopic (exact) mass is 1160 g/mol. The summed E-state index contributed by atoms with van der Waals surface area (Å²) in [6.45, 7) is 1.73. The topological polar surface area (TPSA) is 425 Å². The second kappa shape index (κ2) is 33.1. The summed E-state index contributed by atoms with van der Waals surface area (Å²) in [6.07, 6.45) is -5.71. The molecular formula is C46H56N4O31. The quantitative estimate of drug-likeness (QED) is 0.0119. The van der Waals surface area contributed by atoms with Gasteiger partial charge in [-0.1, -0.05) is 0 Å². The first-order valence-corrected chi connectivity index (χ1v) is 24.6. The molecule has 0 aromatic heterocycles. The number of amides is 8. The average Bonchev–Trinajstić information content (AvgIpc) is 4.14. The van der Waals surface area contributed by atoms with E-state index >= 15 is 0 Å². The highest BCUT2D eigenvalue weighted by atomic mass is 17.2. The molecule has 2 unspecified atom stereocenters. The van der Waals surface area contributed by atoms with Gasteiger partial charge in [-0.2, -0.15) is 9.78 Å². The van der Waals surface area contributed by atoms with E-state index in [4.69, 9.17) is 62.3 Å². The third-order valence-electron chi connectivity index (χ3n) is 10.6. The normalized spacial score (nSPS) is 16.3. The number of esters is 2. The lowest BCUT2D eigenvalue weighted by atomic mass is 10.2. The number of carbonyl (C=O) groups excluding carboxylic acids is 16. The molecule has 0 spiro atoms. The van der Waals surface area contributed by atoms with Crippen LogP contribution in [-0.2, 0) is 149 Å². The molecule has 81 heavy (non-hydrogen) atoms. The Labute approximate surface area is 456 Å². The number of nitrogens with zero attached hydrogens (tertiary/aromatic N) is 4. The molecule has 446 valence electrons. The maximum Gasteiger partial charge on any atom is 0.356 e. The Morgan fingerprint density at radius 2 is 0.716 bits per heavy atom. The van der Waals surface area contributed by atoms with Gasteiger partial charge in [-0.3, -0.25) is 57.7 Å². The van der Waals surface area contributed by atoms with Gasteiger partial charge in [-0.15, -0.1) is 20.3 Å². The van der Waals surface area contributed by atoms with Crippen LogP contribution in [0.25, 0.3) is 0 Å². The van der Waals surface area contributed by atoms with Gasteiger partial charge < -0.3 is 52.5 Å². The average molecular weight is 1160 g/mol. The van der Waals surface area contributed by atoms with Crippen LogP contribution in [0.2, 0.25) is 0 Å². The fourth-order valence-corrected chi connectivity index (χ4v) is 6.20. The number of ether oxygens (including phenoxy) is 7. The van der Waals surface area contributed by atoms with Crippen LogP contribution in [0, 0.1) is 11.8 Å². The van der Waals surface area contributed by atoms with Crippen LogP contribution in [0.15, 0.2) is 12.5 Å². The number of hydrogen-bond acceptors (Lipinski definition) is 31. The molecule has 0 radical (unpaired) electrons. The standard InChI is InChI=1S/C46H56N4O31/c1-26(43(63)78-49-35(55)8-9-36(49)56)45(65)80-73-24-29(25-74-81-46(66)27(2)44(64)79-50-37(57)10-11-38(50)58)70-21-20-69-28(3)75-30(22-67-16-18-71-39(59)12-14-41(61)76-47-31(51)4-5-32(47)52)23-68-17-19-72-40(60)13-15-42(62)77-48-33(53)6-7-34(48)54/h26-27,29-30H,3-25H2,1-2H3. The van der Waals surface area contributed by atoms with Crippen LogP contribution in [0.5, 0.6) is 0 Å². The summed E-state index contributed by atoms with van der Waals surface area (Å²) in [4.78, 5) is 230. The van der Waals surface area contributed by atoms with Crippen molar-refractivity contribution in [3.8, 4) is 0 Å². The fourth-order valence-electron chi connectivity index (χ4n) is 6.20. The van der Waals surface area contributed by atoms with Crippen molar-refractivity contribution in [3.63, 3.8) is 0 Å². The summed E-state index contributed by atoms with van der Waals surface area (Å²) >= 11 is 0. The van der Waals surface area contributed by atoms with Crippen LogP contribution >= 0.6 is 0 Å². The Hall–Kier alpha value is -8.54. The molecule has 0 saturated carbocycles. The number of hydroxylamine groups is 8. The fraction of sp³-hybridized carbons (Fsp3) is 0.609. The van der Waals surface area contributed by atoms with Gasteiger partial charge in [0.2, 0.25) is 0 Å². The second-order valence-corrected chi connectivity index (χ2v) is 16.9. The van der Waals surface area contributed by atoms with E-state index in [1.165, 1.54) is 0 Å². The third kappa shape index (κ3) is 22.3. The molecule has 4 aliphatic heterocycles. The van der Waals surface area contributed by atoms with Crippen LogP contribution in [-0.4, -0.2) is 194 Å². The minimum absolute atomic E-state index is 0.122. The Morgan fingerprint density at radius 1 is 0.395 bits per heavy atom. The van der Waals surface area contributed by atoms with Crippen LogP contribution in [0.1, 0.15) is 90.9 Å². The van der Waals surface area contributed by atoms with Gasteiger partial charge >= 0.3 is 47.8 Å². The predicted octanol–water partition coefficient (Wildman–Crippen LogP) is -2.42. The summed E-state index contributed by atoms with van der Waals surface area (Å²) in [7, 11) is 0. The molecule has 4 heterocycles. The van der Waals surface area contributed by atoms with E-state index in [1.54, 1.807) is 0 Å². The maximum absolute atomic E-state index is 12.6. The molecule has 4 fully saturated rings. The lowest BCUT2D eigenvalue weighted by Gasteiger charge is -2.21. The number of rotatable bonds is 37. The Balaban J connectivity index is 1.26. The van der Waals surface area contributed by atoms with Gasteiger partial charge in [0.1, 0.15) is 45.2 Å². The van der Waals surface area contributed by atoms with Gasteiger partial charge in [0.05, 0.1) is 58.7 Å². The van der Waals surface area contributed by atoms with Crippen molar-refractivity contribution >= 4 is 95.0 Å². The predicted molar refractivity (Wildman–Crippen MR) is 243 cm³/mol. The molecule has 0 aromatic rings. The number of imide groups is 4. The molecular weight excluding hydrogens is 1100 g/mol. The van der Waals surface area contributed by atoms with Crippen LogP contribution in [0.3, 0.4) is 0 Å². The highest BCUT2D eigenvalue weighted by Gasteiger charge is 2.39. The van der Waals surface area contributed by atoms with Crippen molar-refractivity contribution in [2.45, 2.75) is 103 Å². The Morgan fingerprint density at radius 3 is 1.07 bits per heavy atom. The zero-order valence-corrected chi connectivity index (χ0v) is 43.5. The molecule has 4 rings (SSSR count). The van der Waals surface area contributed by atoms with E-state index in [1.807, 2.05) is 0 Å². The molecule has 0 bridgehead atoms. The number of hydrogen-bond donors (Lipinski definition) is 0. The SMILES string of the molecule is C=C(OCCOC(COOC(=O)C(C)C(=O)ON1C(=O)CCC1=O)COOC(=O)C(C)C(=O)ON1C(=O)CCC1=O)OC(COCCOC(=O)CCC(=O)ON1C(=O)CCC1=O)COCCOC(=O)CCC(=O)ON1C(=O)CCC1=O. The van der Waals surface area contributed by atoms with Gasteiger partial charge in [0.15, 0.2) is 11.8 Å².